The number of anilines is 1. The van der Waals surface area contributed by atoms with E-state index in [1.165, 1.54) is 0 Å². The van der Waals surface area contributed by atoms with Crippen molar-refractivity contribution >= 4 is 27.5 Å². The third-order valence-electron chi connectivity index (χ3n) is 3.83. The van der Waals surface area contributed by atoms with Gasteiger partial charge in [0.15, 0.2) is 0 Å². The Labute approximate surface area is 128 Å². The van der Waals surface area contributed by atoms with E-state index in [0.717, 1.165) is 29.5 Å². The summed E-state index contributed by atoms with van der Waals surface area (Å²) in [7, 11) is 0. The Kier molecular flexibility index (Phi) is 5.57. The van der Waals surface area contributed by atoms with Crippen LogP contribution in [0.2, 0.25) is 0 Å². The summed E-state index contributed by atoms with van der Waals surface area (Å²) in [5, 5.41) is 2.93. The van der Waals surface area contributed by atoms with Crippen LogP contribution in [0.3, 0.4) is 0 Å². The molecule has 1 heterocycles. The largest absolute Gasteiger partial charge is 0.329 e. The van der Waals surface area contributed by atoms with Gasteiger partial charge in [0.1, 0.15) is 0 Å². The number of carbonyl (C=O) groups excluding carboxylic acids is 1. The molecule has 2 atom stereocenters. The maximum Gasteiger partial charge on any atom is 0.238 e. The summed E-state index contributed by atoms with van der Waals surface area (Å²) < 4.78 is 0.960. The summed E-state index contributed by atoms with van der Waals surface area (Å²) in [6, 6.07) is 7.96. The zero-order valence-electron chi connectivity index (χ0n) is 11.8. The molecule has 3 N–H and O–H groups in total. The van der Waals surface area contributed by atoms with Crippen molar-refractivity contribution in [3.63, 3.8) is 0 Å². The average Bonchev–Trinajstić information content (AvgIpc) is 2.40. The molecule has 1 aliphatic rings. The summed E-state index contributed by atoms with van der Waals surface area (Å²) in [6.07, 6.45) is 2.22. The number of hydrogen-bond acceptors (Lipinski definition) is 3. The number of benzene rings is 1. The second kappa shape index (κ2) is 7.20. The monoisotopic (exact) mass is 339 g/mol. The van der Waals surface area contributed by atoms with E-state index < -0.39 is 0 Å². The highest BCUT2D eigenvalue weighted by Gasteiger charge is 2.26. The smallest absolute Gasteiger partial charge is 0.238 e. The third kappa shape index (κ3) is 4.30. The van der Waals surface area contributed by atoms with E-state index in [1.54, 1.807) is 0 Å². The summed E-state index contributed by atoms with van der Waals surface area (Å²) in [5.74, 6) is 0.726. The zero-order valence-corrected chi connectivity index (χ0v) is 13.4. The molecule has 0 bridgehead atoms. The number of halogens is 1. The van der Waals surface area contributed by atoms with Gasteiger partial charge in [-0.05, 0) is 43.5 Å². The minimum Gasteiger partial charge on any atom is -0.329 e. The van der Waals surface area contributed by atoms with Crippen LogP contribution in [0.15, 0.2) is 28.7 Å². The molecule has 1 aliphatic heterocycles. The summed E-state index contributed by atoms with van der Waals surface area (Å²) in [6.45, 7) is 4.24. The van der Waals surface area contributed by atoms with E-state index in [0.29, 0.717) is 25.0 Å². The Morgan fingerprint density at radius 3 is 3.05 bits per heavy atom. The first-order valence-corrected chi connectivity index (χ1v) is 7.87. The lowest BCUT2D eigenvalue weighted by atomic mass is 9.92. The molecular formula is C15H22BrN3O. The zero-order chi connectivity index (χ0) is 14.5. The van der Waals surface area contributed by atoms with Crippen molar-refractivity contribution in [3.05, 3.63) is 28.7 Å². The fraction of sp³-hybridized carbons (Fsp3) is 0.533. The van der Waals surface area contributed by atoms with Crippen molar-refractivity contribution in [1.82, 2.24) is 4.90 Å². The van der Waals surface area contributed by atoms with E-state index in [1.807, 2.05) is 24.3 Å². The Bertz CT molecular complexity index is 466. The molecule has 5 heteroatoms. The molecule has 0 spiro atoms. The molecule has 2 unspecified atom stereocenters. The van der Waals surface area contributed by atoms with Crippen LogP contribution in [0.25, 0.3) is 0 Å². The average molecular weight is 340 g/mol. The van der Waals surface area contributed by atoms with E-state index in [2.05, 4.69) is 33.1 Å². The van der Waals surface area contributed by atoms with Gasteiger partial charge in [-0.15, -0.1) is 0 Å². The van der Waals surface area contributed by atoms with Crippen LogP contribution < -0.4 is 11.1 Å². The van der Waals surface area contributed by atoms with Gasteiger partial charge in [0, 0.05) is 22.7 Å². The van der Waals surface area contributed by atoms with Crippen molar-refractivity contribution in [2.75, 3.05) is 25.0 Å². The first-order chi connectivity index (χ1) is 9.58. The van der Waals surface area contributed by atoms with Crippen molar-refractivity contribution in [3.8, 4) is 0 Å². The van der Waals surface area contributed by atoms with Gasteiger partial charge in [-0.2, -0.15) is 0 Å². The number of nitrogens with two attached hydrogens (primary N) is 1. The molecule has 110 valence electrons. The van der Waals surface area contributed by atoms with Gasteiger partial charge in [-0.3, -0.25) is 9.69 Å². The fourth-order valence-electron chi connectivity index (χ4n) is 2.70. The Morgan fingerprint density at radius 2 is 2.35 bits per heavy atom. The van der Waals surface area contributed by atoms with Crippen molar-refractivity contribution < 1.29 is 4.79 Å². The highest BCUT2D eigenvalue weighted by atomic mass is 79.9. The van der Waals surface area contributed by atoms with Crippen molar-refractivity contribution in [1.29, 1.82) is 0 Å². The predicted molar refractivity (Wildman–Crippen MR) is 85.6 cm³/mol. The van der Waals surface area contributed by atoms with Crippen molar-refractivity contribution in [2.24, 2.45) is 11.7 Å². The summed E-state index contributed by atoms with van der Waals surface area (Å²) in [4.78, 5) is 14.3. The normalized spacial score (nSPS) is 23.6. The lowest BCUT2D eigenvalue weighted by Crippen LogP contribution is -2.49. The first kappa shape index (κ1) is 15.5. The second-order valence-electron chi connectivity index (χ2n) is 5.55. The maximum absolute atomic E-state index is 12.1. The summed E-state index contributed by atoms with van der Waals surface area (Å²) in [5.41, 5.74) is 6.64. The number of nitrogens with zero attached hydrogens (tertiary/aromatic N) is 1. The second-order valence-corrected chi connectivity index (χ2v) is 6.46. The minimum atomic E-state index is 0.0242. The molecule has 1 aromatic rings. The van der Waals surface area contributed by atoms with Gasteiger partial charge in [0.05, 0.1) is 6.54 Å². The molecule has 1 aromatic carbocycles. The van der Waals surface area contributed by atoms with Crippen LogP contribution in [0.1, 0.15) is 19.8 Å². The predicted octanol–water partition coefficient (Wildman–Crippen LogP) is 2.45. The minimum absolute atomic E-state index is 0.0242. The van der Waals surface area contributed by atoms with Crippen molar-refractivity contribution in [2.45, 2.75) is 25.8 Å². The molecule has 4 nitrogen and oxygen atoms in total. The number of piperidine rings is 1. The molecule has 2 rings (SSSR count). The number of hydrogen-bond donors (Lipinski definition) is 2. The van der Waals surface area contributed by atoms with Crippen LogP contribution in [-0.2, 0) is 4.79 Å². The number of amides is 1. The third-order valence-corrected chi connectivity index (χ3v) is 4.32. The number of carbonyl (C=O) groups is 1. The van der Waals surface area contributed by atoms with Gasteiger partial charge >= 0.3 is 0 Å². The number of nitrogens with one attached hydrogen (secondary N) is 1. The van der Waals surface area contributed by atoms with Crippen LogP contribution >= 0.6 is 15.9 Å². The highest BCUT2D eigenvalue weighted by molar-refractivity contribution is 9.10. The van der Waals surface area contributed by atoms with E-state index in [4.69, 9.17) is 5.73 Å². The molecule has 0 radical (unpaired) electrons. The maximum atomic E-state index is 12.1. The van der Waals surface area contributed by atoms with Gasteiger partial charge in [0.25, 0.3) is 0 Å². The lowest BCUT2D eigenvalue weighted by Gasteiger charge is -2.37. The topological polar surface area (TPSA) is 58.4 Å². The Hall–Kier alpha value is -0.910. The molecule has 1 fully saturated rings. The quantitative estimate of drug-likeness (QED) is 0.885. The van der Waals surface area contributed by atoms with Crippen LogP contribution in [0, 0.1) is 5.92 Å². The van der Waals surface area contributed by atoms with Crippen LogP contribution in [-0.4, -0.2) is 36.5 Å². The Morgan fingerprint density at radius 1 is 1.55 bits per heavy atom. The molecule has 20 heavy (non-hydrogen) atoms. The molecule has 0 saturated carbocycles. The molecule has 0 aliphatic carbocycles. The van der Waals surface area contributed by atoms with Gasteiger partial charge in [0.2, 0.25) is 5.91 Å². The molecular weight excluding hydrogens is 318 g/mol. The summed E-state index contributed by atoms with van der Waals surface area (Å²) >= 11 is 3.40. The highest BCUT2D eigenvalue weighted by Crippen LogP contribution is 2.22. The lowest BCUT2D eigenvalue weighted by molar-refractivity contribution is -0.118. The van der Waals surface area contributed by atoms with Gasteiger partial charge in [-0.25, -0.2) is 0 Å². The molecule has 1 saturated heterocycles. The standard InChI is InChI=1S/C15H22BrN3O/c1-11-5-6-19(14(7-11)9-17)10-15(20)18-13-4-2-3-12(16)8-13/h2-4,8,11,14H,5-7,9-10,17H2,1H3,(H,18,20). The first-order valence-electron chi connectivity index (χ1n) is 7.08. The van der Waals surface area contributed by atoms with Gasteiger partial charge in [-0.1, -0.05) is 28.9 Å². The van der Waals surface area contributed by atoms with E-state index in [9.17, 15) is 4.79 Å². The molecule has 1 amide bonds. The number of rotatable bonds is 4. The van der Waals surface area contributed by atoms with Crippen LogP contribution in [0.5, 0.6) is 0 Å². The molecule has 0 aromatic heterocycles. The fourth-order valence-corrected chi connectivity index (χ4v) is 3.10. The van der Waals surface area contributed by atoms with E-state index in [-0.39, 0.29) is 5.91 Å². The Balaban J connectivity index is 1.90. The SMILES string of the molecule is CC1CCN(CC(=O)Nc2cccc(Br)c2)C(CN)C1. The van der Waals surface area contributed by atoms with Gasteiger partial charge < -0.3 is 11.1 Å². The van der Waals surface area contributed by atoms with E-state index >= 15 is 0 Å². The van der Waals surface area contributed by atoms with Crippen LogP contribution in [0.4, 0.5) is 5.69 Å². The number of likely N-dealkylation sites (tertiary alicyclic amines) is 1.